The SMILES string of the molecule is CC(CS(C)(=O)=O)=C1SC(N2CCC3(CC2)OCc2ccccc23)=NC1=O. The van der Waals surface area contributed by atoms with Crippen molar-refractivity contribution in [1.82, 2.24) is 4.90 Å². The van der Waals surface area contributed by atoms with Gasteiger partial charge in [0, 0.05) is 19.3 Å². The maximum absolute atomic E-state index is 12.3. The van der Waals surface area contributed by atoms with E-state index in [9.17, 15) is 13.2 Å². The number of likely N-dealkylation sites (tertiary alicyclic amines) is 1. The van der Waals surface area contributed by atoms with Crippen molar-refractivity contribution in [3.63, 3.8) is 0 Å². The molecule has 1 aromatic carbocycles. The minimum absolute atomic E-state index is 0.113. The summed E-state index contributed by atoms with van der Waals surface area (Å²) in [5.41, 5.74) is 2.88. The summed E-state index contributed by atoms with van der Waals surface area (Å²) in [6.07, 6.45) is 2.87. The van der Waals surface area contributed by atoms with E-state index in [2.05, 4.69) is 28.1 Å². The number of fused-ring (bicyclic) bond motifs is 2. The molecule has 0 atom stereocenters. The first kappa shape index (κ1) is 18.7. The Kier molecular flexibility index (Phi) is 4.68. The van der Waals surface area contributed by atoms with Crippen molar-refractivity contribution in [3.8, 4) is 0 Å². The van der Waals surface area contributed by atoms with Crippen molar-refractivity contribution < 1.29 is 17.9 Å². The summed E-state index contributed by atoms with van der Waals surface area (Å²) in [4.78, 5) is 19.0. The number of amidine groups is 1. The number of carbonyl (C=O) groups is 1. The summed E-state index contributed by atoms with van der Waals surface area (Å²) in [6, 6.07) is 8.36. The number of ether oxygens (including phenoxy) is 1. The number of thioether (sulfide) groups is 1. The number of hydrogen-bond donors (Lipinski definition) is 0. The van der Waals surface area contributed by atoms with Crippen molar-refractivity contribution in [1.29, 1.82) is 0 Å². The minimum atomic E-state index is -3.17. The lowest BCUT2D eigenvalue weighted by Crippen LogP contribution is -2.44. The number of nitrogens with zero attached hydrogens (tertiary/aromatic N) is 2. The molecule has 0 bridgehead atoms. The van der Waals surface area contributed by atoms with Gasteiger partial charge in [0.05, 0.1) is 22.9 Å². The van der Waals surface area contributed by atoms with Gasteiger partial charge in [-0.15, -0.1) is 0 Å². The van der Waals surface area contributed by atoms with Crippen LogP contribution in [0, 0.1) is 0 Å². The second-order valence-electron chi connectivity index (χ2n) is 7.41. The van der Waals surface area contributed by atoms with Gasteiger partial charge in [-0.05, 0) is 48.2 Å². The van der Waals surface area contributed by atoms with Crippen LogP contribution in [-0.4, -0.2) is 49.5 Å². The number of amides is 1. The number of hydrogen-bond acceptors (Lipinski definition) is 6. The molecule has 1 saturated heterocycles. The monoisotopic (exact) mass is 406 g/mol. The normalized spacial score (nSPS) is 23.6. The summed E-state index contributed by atoms with van der Waals surface area (Å²) in [7, 11) is -3.17. The van der Waals surface area contributed by atoms with Gasteiger partial charge in [0.1, 0.15) is 0 Å². The molecule has 1 amide bonds. The molecule has 3 aliphatic heterocycles. The zero-order valence-electron chi connectivity index (χ0n) is 15.4. The number of piperidine rings is 1. The Balaban J connectivity index is 1.46. The molecular weight excluding hydrogens is 384 g/mol. The smallest absolute Gasteiger partial charge is 0.286 e. The van der Waals surface area contributed by atoms with Gasteiger partial charge in [0.15, 0.2) is 15.0 Å². The van der Waals surface area contributed by atoms with Gasteiger partial charge in [-0.25, -0.2) is 8.42 Å². The van der Waals surface area contributed by atoms with E-state index in [1.54, 1.807) is 6.92 Å². The second kappa shape index (κ2) is 6.76. The standard InChI is InChI=1S/C19H22N2O4S2/c1-13(12-27(2,23)24)16-17(22)20-18(26-16)21-9-7-19(8-10-21)15-6-4-3-5-14(15)11-25-19/h3-6H,7-12H2,1-2H3. The fourth-order valence-corrected chi connectivity index (χ4v) is 6.04. The molecule has 144 valence electrons. The largest absolute Gasteiger partial charge is 0.365 e. The van der Waals surface area contributed by atoms with Gasteiger partial charge < -0.3 is 9.64 Å². The Morgan fingerprint density at radius 2 is 2.00 bits per heavy atom. The molecular formula is C19H22N2O4S2. The third kappa shape index (κ3) is 3.58. The molecule has 1 aromatic rings. The lowest BCUT2D eigenvalue weighted by Gasteiger charge is -2.39. The quantitative estimate of drug-likeness (QED) is 0.703. The van der Waals surface area contributed by atoms with Gasteiger partial charge in [-0.1, -0.05) is 24.3 Å². The van der Waals surface area contributed by atoms with Crippen molar-refractivity contribution in [2.45, 2.75) is 32.0 Å². The number of aliphatic imine (C=N–C) groups is 1. The molecule has 0 aliphatic carbocycles. The zero-order chi connectivity index (χ0) is 19.2. The Morgan fingerprint density at radius 1 is 1.30 bits per heavy atom. The summed E-state index contributed by atoms with van der Waals surface area (Å²) in [5.74, 6) is -0.448. The van der Waals surface area contributed by atoms with Crippen LogP contribution in [-0.2, 0) is 31.6 Å². The predicted octanol–water partition coefficient (Wildman–Crippen LogP) is 2.46. The summed E-state index contributed by atoms with van der Waals surface area (Å²) in [5, 5.41) is 0.670. The molecule has 0 radical (unpaired) electrons. The van der Waals surface area contributed by atoms with Crippen LogP contribution in [0.4, 0.5) is 0 Å². The van der Waals surface area contributed by atoms with Crippen LogP contribution in [0.25, 0.3) is 0 Å². The van der Waals surface area contributed by atoms with Crippen LogP contribution in [0.15, 0.2) is 39.7 Å². The van der Waals surface area contributed by atoms with E-state index in [1.165, 1.54) is 29.1 Å². The highest BCUT2D eigenvalue weighted by atomic mass is 32.2. The lowest BCUT2D eigenvalue weighted by atomic mass is 9.84. The topological polar surface area (TPSA) is 76.0 Å². The van der Waals surface area contributed by atoms with Crippen LogP contribution >= 0.6 is 11.8 Å². The lowest BCUT2D eigenvalue weighted by molar-refractivity contribution is -0.113. The van der Waals surface area contributed by atoms with E-state index in [0.29, 0.717) is 22.3 Å². The fraction of sp³-hybridized carbons (Fsp3) is 0.474. The van der Waals surface area contributed by atoms with E-state index in [4.69, 9.17) is 4.74 Å². The Morgan fingerprint density at radius 3 is 2.70 bits per heavy atom. The molecule has 1 fully saturated rings. The zero-order valence-corrected chi connectivity index (χ0v) is 17.0. The summed E-state index contributed by atoms with van der Waals surface area (Å²) >= 11 is 1.29. The van der Waals surface area contributed by atoms with Crippen LogP contribution in [0.3, 0.4) is 0 Å². The van der Waals surface area contributed by atoms with Gasteiger partial charge in [-0.2, -0.15) is 4.99 Å². The highest BCUT2D eigenvalue weighted by Gasteiger charge is 2.43. The first-order chi connectivity index (χ1) is 12.8. The van der Waals surface area contributed by atoms with Gasteiger partial charge in [-0.3, -0.25) is 4.79 Å². The minimum Gasteiger partial charge on any atom is -0.365 e. The molecule has 3 heterocycles. The molecule has 8 heteroatoms. The highest BCUT2D eigenvalue weighted by molar-refractivity contribution is 8.18. The van der Waals surface area contributed by atoms with E-state index < -0.39 is 9.84 Å². The summed E-state index contributed by atoms with van der Waals surface area (Å²) < 4.78 is 29.2. The summed E-state index contributed by atoms with van der Waals surface area (Å²) in [6.45, 7) is 3.86. The Hall–Kier alpha value is -1.64. The average Bonchev–Trinajstić information content (AvgIpc) is 3.17. The highest BCUT2D eigenvalue weighted by Crippen LogP contribution is 2.45. The van der Waals surface area contributed by atoms with Crippen molar-refractivity contribution in [2.24, 2.45) is 4.99 Å². The van der Waals surface area contributed by atoms with Crippen LogP contribution < -0.4 is 0 Å². The number of benzene rings is 1. The van der Waals surface area contributed by atoms with E-state index in [0.717, 1.165) is 25.9 Å². The van der Waals surface area contributed by atoms with Gasteiger partial charge in [0.2, 0.25) is 0 Å². The first-order valence-corrected chi connectivity index (χ1v) is 11.8. The van der Waals surface area contributed by atoms with Crippen LogP contribution in [0.2, 0.25) is 0 Å². The molecule has 0 unspecified atom stereocenters. The molecule has 6 nitrogen and oxygen atoms in total. The molecule has 1 spiro atoms. The van der Waals surface area contributed by atoms with Crippen molar-refractivity contribution in [3.05, 3.63) is 45.9 Å². The Labute approximate surface area is 163 Å². The molecule has 0 aromatic heterocycles. The maximum Gasteiger partial charge on any atom is 0.286 e. The predicted molar refractivity (Wildman–Crippen MR) is 106 cm³/mol. The third-order valence-electron chi connectivity index (χ3n) is 5.30. The van der Waals surface area contributed by atoms with E-state index in [1.807, 2.05) is 6.07 Å². The molecule has 0 N–H and O–H groups in total. The number of carbonyl (C=O) groups excluding carboxylic acids is 1. The van der Waals surface area contributed by atoms with Gasteiger partial charge in [0.25, 0.3) is 5.91 Å². The van der Waals surface area contributed by atoms with E-state index >= 15 is 0 Å². The average molecular weight is 407 g/mol. The molecule has 3 aliphatic rings. The molecule has 4 rings (SSSR count). The number of sulfone groups is 1. The van der Waals surface area contributed by atoms with Crippen LogP contribution in [0.5, 0.6) is 0 Å². The Bertz CT molecular complexity index is 958. The maximum atomic E-state index is 12.3. The van der Waals surface area contributed by atoms with Crippen LogP contribution in [0.1, 0.15) is 30.9 Å². The fourth-order valence-electron chi connectivity index (χ4n) is 4.02. The van der Waals surface area contributed by atoms with Crippen molar-refractivity contribution >= 4 is 32.7 Å². The van der Waals surface area contributed by atoms with Crippen molar-refractivity contribution in [2.75, 3.05) is 25.1 Å². The third-order valence-corrected chi connectivity index (χ3v) is 7.52. The molecule has 27 heavy (non-hydrogen) atoms. The number of rotatable bonds is 2. The van der Waals surface area contributed by atoms with Gasteiger partial charge >= 0.3 is 0 Å². The first-order valence-electron chi connectivity index (χ1n) is 8.93. The van der Waals surface area contributed by atoms with E-state index in [-0.39, 0.29) is 17.3 Å². The second-order valence-corrected chi connectivity index (χ2v) is 10.5. The molecule has 0 saturated carbocycles.